The fourth-order valence-electron chi connectivity index (χ4n) is 4.88. The van der Waals surface area contributed by atoms with Crippen molar-refractivity contribution in [2.75, 3.05) is 44.5 Å². The predicted octanol–water partition coefficient (Wildman–Crippen LogP) is 4.31. The van der Waals surface area contributed by atoms with Gasteiger partial charge in [-0.05, 0) is 55.0 Å². The molecule has 37 heavy (non-hydrogen) atoms. The Bertz CT molecular complexity index is 1640. The average Bonchev–Trinajstić information content (AvgIpc) is 3.53. The van der Waals surface area contributed by atoms with E-state index in [0.717, 1.165) is 45.2 Å². The van der Waals surface area contributed by atoms with Crippen LogP contribution in [0.3, 0.4) is 0 Å². The van der Waals surface area contributed by atoms with E-state index in [9.17, 15) is 9.59 Å². The number of anilines is 2. The second kappa shape index (κ2) is 9.69. The number of isothiocyanates is 1. The van der Waals surface area contributed by atoms with Gasteiger partial charge in [-0.25, -0.2) is 4.99 Å². The number of aliphatic imine (C=N–C) groups is 1. The van der Waals surface area contributed by atoms with Crippen molar-refractivity contribution in [1.82, 2.24) is 14.9 Å². The van der Waals surface area contributed by atoms with E-state index in [4.69, 9.17) is 12.2 Å². The van der Waals surface area contributed by atoms with Gasteiger partial charge in [0, 0.05) is 91.4 Å². The number of carbonyl (C=O) groups is 2. The first-order valence-electron chi connectivity index (χ1n) is 12.0. The van der Waals surface area contributed by atoms with Crippen LogP contribution in [0.2, 0.25) is 0 Å². The molecule has 4 aromatic rings. The number of rotatable bonds is 8. The molecule has 2 N–H and O–H groups in total. The molecule has 1 aliphatic heterocycles. The minimum absolute atomic E-state index is 0.381. The zero-order valence-corrected chi connectivity index (χ0v) is 22.1. The van der Waals surface area contributed by atoms with Crippen LogP contribution in [-0.2, 0) is 16.1 Å². The third-order valence-corrected chi connectivity index (χ3v) is 6.90. The molecule has 0 radical (unpaired) electrons. The topological polar surface area (TPSA) is 85.7 Å². The maximum atomic E-state index is 13.3. The van der Waals surface area contributed by atoms with E-state index in [1.54, 1.807) is 0 Å². The number of hydrogen-bond donors (Lipinski definition) is 2. The molecular formula is C28H28N6O2S. The van der Waals surface area contributed by atoms with Crippen molar-refractivity contribution in [3.8, 4) is 0 Å². The van der Waals surface area contributed by atoms with E-state index in [1.165, 1.54) is 0 Å². The van der Waals surface area contributed by atoms with E-state index < -0.39 is 11.8 Å². The van der Waals surface area contributed by atoms with Gasteiger partial charge in [-0.2, -0.15) is 0 Å². The van der Waals surface area contributed by atoms with Gasteiger partial charge in [0.2, 0.25) is 0 Å². The summed E-state index contributed by atoms with van der Waals surface area (Å²) in [5, 5.41) is 6.76. The Kier molecular flexibility index (Phi) is 6.41. The Hall–Kier alpha value is -4.20. The fraction of sp³-hybridized carbons (Fsp3) is 0.250. The average molecular weight is 513 g/mol. The van der Waals surface area contributed by atoms with Crippen LogP contribution in [-0.4, -0.2) is 61.3 Å². The van der Waals surface area contributed by atoms with Crippen LogP contribution < -0.4 is 15.1 Å². The van der Waals surface area contributed by atoms with Gasteiger partial charge in [0.1, 0.15) is 0 Å². The lowest BCUT2D eigenvalue weighted by Gasteiger charge is -2.13. The molecule has 2 amide bonds. The molecule has 8 nitrogen and oxygen atoms in total. The van der Waals surface area contributed by atoms with Gasteiger partial charge in [-0.1, -0.05) is 0 Å². The zero-order valence-electron chi connectivity index (χ0n) is 21.3. The first-order chi connectivity index (χ1) is 17.8. The van der Waals surface area contributed by atoms with Crippen molar-refractivity contribution in [1.29, 1.82) is 0 Å². The summed E-state index contributed by atoms with van der Waals surface area (Å²) in [6.45, 7) is 1.26. The van der Waals surface area contributed by atoms with Crippen LogP contribution in [0.4, 0.5) is 11.4 Å². The van der Waals surface area contributed by atoms with Crippen LogP contribution in [0, 0.1) is 0 Å². The highest BCUT2D eigenvalue weighted by atomic mass is 32.1. The first kappa shape index (κ1) is 24.5. The monoisotopic (exact) mass is 512 g/mol. The molecule has 3 heterocycles. The van der Waals surface area contributed by atoms with Crippen molar-refractivity contribution in [3.05, 3.63) is 59.9 Å². The summed E-state index contributed by atoms with van der Waals surface area (Å²) in [7, 11) is 7.90. The molecule has 0 saturated heterocycles. The maximum Gasteiger partial charge on any atom is 0.259 e. The van der Waals surface area contributed by atoms with E-state index in [2.05, 4.69) is 43.2 Å². The van der Waals surface area contributed by atoms with Gasteiger partial charge in [0.15, 0.2) is 0 Å². The molecule has 9 heteroatoms. The van der Waals surface area contributed by atoms with Crippen LogP contribution in [0.1, 0.15) is 17.5 Å². The zero-order chi connectivity index (χ0) is 26.3. The summed E-state index contributed by atoms with van der Waals surface area (Å²) in [5.41, 5.74) is 6.10. The van der Waals surface area contributed by atoms with Crippen molar-refractivity contribution in [3.63, 3.8) is 0 Å². The molecule has 2 aromatic carbocycles. The summed E-state index contributed by atoms with van der Waals surface area (Å²) in [6.07, 6.45) is 4.55. The molecule has 188 valence electrons. The number of benzene rings is 2. The Morgan fingerprint density at radius 1 is 0.919 bits per heavy atom. The molecule has 0 spiro atoms. The highest BCUT2D eigenvalue weighted by Crippen LogP contribution is 2.39. The second-order valence-corrected chi connectivity index (χ2v) is 9.70. The molecule has 0 unspecified atom stereocenters. The standard InChI is InChI=1S/C28H28N6O2S/c1-32(2)17-6-8-23-19(12-17)21(14-30-23)25-26(28(36)31-27(25)35)22-15-34(11-5-10-29-16-37)24-9-7-18(33(3)4)13-20(22)24/h6-9,12-15,30H,5,10-11H2,1-4H3,(H,31,35,36). The largest absolute Gasteiger partial charge is 0.378 e. The van der Waals surface area contributed by atoms with Crippen molar-refractivity contribution in [2.24, 2.45) is 4.99 Å². The van der Waals surface area contributed by atoms with Crippen molar-refractivity contribution < 1.29 is 9.59 Å². The van der Waals surface area contributed by atoms with Gasteiger partial charge >= 0.3 is 0 Å². The van der Waals surface area contributed by atoms with E-state index in [0.29, 0.717) is 29.8 Å². The lowest BCUT2D eigenvalue weighted by molar-refractivity contribution is -0.122. The number of nitrogens with zero attached hydrogens (tertiary/aromatic N) is 4. The lowest BCUT2D eigenvalue weighted by atomic mass is 9.95. The Labute approximate surface area is 220 Å². The molecular weight excluding hydrogens is 484 g/mol. The van der Waals surface area contributed by atoms with Gasteiger partial charge in [-0.3, -0.25) is 14.9 Å². The number of hydrogen-bond acceptors (Lipinski definition) is 6. The molecule has 0 bridgehead atoms. The number of fused-ring (bicyclic) bond motifs is 2. The number of thiocarbonyl (C=S) groups is 1. The summed E-state index contributed by atoms with van der Waals surface area (Å²) < 4.78 is 2.11. The molecule has 0 atom stereocenters. The van der Waals surface area contributed by atoms with Crippen molar-refractivity contribution in [2.45, 2.75) is 13.0 Å². The predicted molar refractivity (Wildman–Crippen MR) is 153 cm³/mol. The normalized spacial score (nSPS) is 13.4. The summed E-state index contributed by atoms with van der Waals surface area (Å²) in [4.78, 5) is 37.9. The van der Waals surface area contributed by atoms with E-state index in [1.807, 2.05) is 68.6 Å². The maximum absolute atomic E-state index is 13.3. The van der Waals surface area contributed by atoms with Crippen LogP contribution in [0.15, 0.2) is 53.8 Å². The number of H-pyrrole nitrogens is 1. The van der Waals surface area contributed by atoms with Crippen LogP contribution in [0.5, 0.6) is 0 Å². The minimum Gasteiger partial charge on any atom is -0.378 e. The van der Waals surface area contributed by atoms with E-state index in [-0.39, 0.29) is 0 Å². The van der Waals surface area contributed by atoms with Gasteiger partial charge in [0.05, 0.1) is 22.9 Å². The number of carbonyl (C=O) groups excluding carboxylic acids is 2. The number of aryl methyl sites for hydroxylation is 1. The summed E-state index contributed by atoms with van der Waals surface area (Å²) in [5.74, 6) is -0.783. The SMILES string of the molecule is CN(C)c1ccc2[nH]cc(C3=C(c4cn(CCCN=C=S)c5ccc(N(C)C)cc45)C(=O)NC3=O)c2c1. The summed E-state index contributed by atoms with van der Waals surface area (Å²) >= 11 is 4.69. The summed E-state index contributed by atoms with van der Waals surface area (Å²) in [6, 6.07) is 12.2. The Morgan fingerprint density at radius 3 is 2.24 bits per heavy atom. The van der Waals surface area contributed by atoms with Gasteiger partial charge in [0.25, 0.3) is 11.8 Å². The van der Waals surface area contributed by atoms with Crippen LogP contribution >= 0.6 is 12.2 Å². The van der Waals surface area contributed by atoms with Crippen molar-refractivity contribution >= 4 is 73.5 Å². The number of nitrogens with one attached hydrogen (secondary N) is 2. The molecule has 1 aliphatic rings. The molecule has 0 saturated carbocycles. The lowest BCUT2D eigenvalue weighted by Crippen LogP contribution is -2.22. The Balaban J connectivity index is 1.75. The van der Waals surface area contributed by atoms with Gasteiger partial charge in [-0.15, -0.1) is 0 Å². The third kappa shape index (κ3) is 4.33. The number of imide groups is 1. The fourth-order valence-corrected chi connectivity index (χ4v) is 4.97. The Morgan fingerprint density at radius 2 is 1.57 bits per heavy atom. The number of amides is 2. The third-order valence-electron chi connectivity index (χ3n) is 6.77. The van der Waals surface area contributed by atoms with Gasteiger partial charge < -0.3 is 19.4 Å². The molecule has 0 aliphatic carbocycles. The smallest absolute Gasteiger partial charge is 0.259 e. The number of aromatic nitrogens is 2. The molecule has 5 rings (SSSR count). The highest BCUT2D eigenvalue weighted by molar-refractivity contribution is 7.78. The molecule has 0 fully saturated rings. The second-order valence-electron chi connectivity index (χ2n) is 9.52. The molecule has 2 aromatic heterocycles. The van der Waals surface area contributed by atoms with Crippen LogP contribution in [0.25, 0.3) is 33.0 Å². The minimum atomic E-state index is -0.392. The quantitative estimate of drug-likeness (QED) is 0.159. The first-order valence-corrected chi connectivity index (χ1v) is 12.4. The van der Waals surface area contributed by atoms with E-state index >= 15 is 0 Å². The highest BCUT2D eigenvalue weighted by Gasteiger charge is 2.35. The number of aromatic amines is 1.